The fraction of sp³-hybridized carbons (Fsp3) is 0.966. The van der Waals surface area contributed by atoms with E-state index < -0.39 is 0 Å². The zero-order chi connectivity index (χ0) is 23.7. The molecule has 2 aliphatic heterocycles. The number of carbonyl (C=O) groups is 1. The van der Waals surface area contributed by atoms with Gasteiger partial charge in [0.1, 0.15) is 6.10 Å². The van der Waals surface area contributed by atoms with Crippen LogP contribution in [-0.4, -0.2) is 71.3 Å². The topological polar surface area (TPSA) is 53.0 Å². The Kier molecular flexibility index (Phi) is 6.09. The zero-order valence-corrected chi connectivity index (χ0v) is 21.9. The lowest BCUT2D eigenvalue weighted by molar-refractivity contribution is -0.170. The summed E-state index contributed by atoms with van der Waals surface area (Å²) >= 11 is 0. The Hall–Kier alpha value is -0.650. The summed E-state index contributed by atoms with van der Waals surface area (Å²) in [5, 5.41) is 11.1. The molecule has 6 rings (SSSR count). The van der Waals surface area contributed by atoms with E-state index in [2.05, 4.69) is 23.6 Å². The van der Waals surface area contributed by atoms with Crippen molar-refractivity contribution in [2.24, 2.45) is 34.5 Å². The maximum Gasteiger partial charge on any atom is 0.302 e. The molecule has 0 bridgehead atoms. The minimum Gasteiger partial charge on any atom is -0.460 e. The van der Waals surface area contributed by atoms with Crippen molar-refractivity contribution < 1.29 is 14.6 Å². The summed E-state index contributed by atoms with van der Waals surface area (Å²) < 4.78 is 6.20. The summed E-state index contributed by atoms with van der Waals surface area (Å²) in [6.45, 7) is 11.4. The van der Waals surface area contributed by atoms with Gasteiger partial charge in [-0.15, -0.1) is 0 Å². The van der Waals surface area contributed by atoms with Gasteiger partial charge in [0.05, 0.1) is 6.10 Å². The number of carbonyl (C=O) groups excluding carboxylic acids is 1. The smallest absolute Gasteiger partial charge is 0.302 e. The third-order valence-corrected chi connectivity index (χ3v) is 12.1. The van der Waals surface area contributed by atoms with Gasteiger partial charge in [-0.1, -0.05) is 13.8 Å². The first-order valence-corrected chi connectivity index (χ1v) is 14.6. The number of fused-ring (bicyclic) bond motifs is 5. The molecule has 2 heterocycles. The average Bonchev–Trinajstić information content (AvgIpc) is 3.55. The predicted octanol–water partition coefficient (Wildman–Crippen LogP) is 4.47. The third-order valence-electron chi connectivity index (χ3n) is 12.1. The third kappa shape index (κ3) is 3.62. The SMILES string of the molecule is CC(=O)O[C@H]1[C@@H](N2CCCC2)C[C@H]2[C@@H]3CC[C@H]4C[C@H](O)[C@@H](N5CCCC5)C[C@]4(C)[C@H]3CC[C@@]21C. The van der Waals surface area contributed by atoms with Gasteiger partial charge in [-0.05, 0) is 126 Å². The lowest BCUT2D eigenvalue weighted by Crippen LogP contribution is -2.59. The number of aliphatic hydroxyl groups is 1. The molecule has 0 aromatic heterocycles. The molecule has 0 radical (unpaired) electrons. The van der Waals surface area contributed by atoms with E-state index in [-0.39, 0.29) is 23.6 Å². The Balaban J connectivity index is 1.28. The molecule has 1 N–H and O–H groups in total. The molecule has 0 spiro atoms. The van der Waals surface area contributed by atoms with Crippen molar-refractivity contribution in [1.82, 2.24) is 9.80 Å². The minimum atomic E-state index is -0.138. The number of rotatable bonds is 3. The lowest BCUT2D eigenvalue weighted by Gasteiger charge is -2.62. The van der Waals surface area contributed by atoms with E-state index in [1.54, 1.807) is 6.92 Å². The highest BCUT2D eigenvalue weighted by atomic mass is 16.5. The van der Waals surface area contributed by atoms with Gasteiger partial charge in [-0.2, -0.15) is 0 Å². The summed E-state index contributed by atoms with van der Waals surface area (Å²) in [5.74, 6) is 2.75. The summed E-state index contributed by atoms with van der Waals surface area (Å²) in [7, 11) is 0. The quantitative estimate of drug-likeness (QED) is 0.614. The second-order valence-electron chi connectivity index (χ2n) is 13.6. The molecule has 5 heteroatoms. The van der Waals surface area contributed by atoms with Crippen LogP contribution in [0.4, 0.5) is 0 Å². The molecule has 4 saturated carbocycles. The van der Waals surface area contributed by atoms with Crippen LogP contribution in [0, 0.1) is 34.5 Å². The fourth-order valence-corrected chi connectivity index (χ4v) is 10.5. The Morgan fingerprint density at radius 3 is 2.15 bits per heavy atom. The zero-order valence-electron chi connectivity index (χ0n) is 21.9. The molecule has 5 nitrogen and oxygen atoms in total. The maximum absolute atomic E-state index is 12.2. The molecule has 0 unspecified atom stereocenters. The molecule has 2 saturated heterocycles. The summed E-state index contributed by atoms with van der Waals surface area (Å²) in [6.07, 6.45) is 13.6. The molecule has 34 heavy (non-hydrogen) atoms. The van der Waals surface area contributed by atoms with Gasteiger partial charge in [0, 0.05) is 24.4 Å². The van der Waals surface area contributed by atoms with E-state index in [4.69, 9.17) is 4.74 Å². The average molecular weight is 473 g/mol. The van der Waals surface area contributed by atoms with E-state index in [0.717, 1.165) is 18.3 Å². The second kappa shape index (κ2) is 8.73. The van der Waals surface area contributed by atoms with Crippen molar-refractivity contribution in [3.05, 3.63) is 0 Å². The van der Waals surface area contributed by atoms with Gasteiger partial charge in [0.15, 0.2) is 0 Å². The second-order valence-corrected chi connectivity index (χ2v) is 13.6. The molecular formula is C29H48N2O3. The molecule has 6 fully saturated rings. The molecule has 10 atom stereocenters. The molecule has 0 amide bonds. The van der Waals surface area contributed by atoms with Crippen molar-refractivity contribution >= 4 is 5.97 Å². The van der Waals surface area contributed by atoms with E-state index in [0.29, 0.717) is 29.3 Å². The summed E-state index contributed by atoms with van der Waals surface area (Å²) in [5.41, 5.74) is 0.464. The van der Waals surface area contributed by atoms with Crippen LogP contribution in [0.5, 0.6) is 0 Å². The van der Waals surface area contributed by atoms with Crippen LogP contribution in [0.15, 0.2) is 0 Å². The van der Waals surface area contributed by atoms with Gasteiger partial charge < -0.3 is 9.84 Å². The van der Waals surface area contributed by atoms with Crippen LogP contribution < -0.4 is 0 Å². The van der Waals surface area contributed by atoms with Crippen molar-refractivity contribution in [2.45, 2.75) is 116 Å². The summed E-state index contributed by atoms with van der Waals surface area (Å²) in [6, 6.07) is 0.779. The van der Waals surface area contributed by atoms with Crippen LogP contribution >= 0.6 is 0 Å². The molecule has 6 aliphatic rings. The molecule has 0 aromatic rings. The van der Waals surface area contributed by atoms with Crippen molar-refractivity contribution in [2.75, 3.05) is 26.2 Å². The number of hydrogen-bond donors (Lipinski definition) is 1. The highest BCUT2D eigenvalue weighted by Gasteiger charge is 2.65. The van der Waals surface area contributed by atoms with Crippen molar-refractivity contribution in [3.63, 3.8) is 0 Å². The van der Waals surface area contributed by atoms with E-state index in [1.807, 2.05) is 0 Å². The number of nitrogens with zero attached hydrogens (tertiary/aromatic N) is 2. The molecular weight excluding hydrogens is 424 g/mol. The molecule has 0 aromatic carbocycles. The lowest BCUT2D eigenvalue weighted by atomic mass is 9.44. The minimum absolute atomic E-state index is 0.0603. The summed E-state index contributed by atoms with van der Waals surface area (Å²) in [4.78, 5) is 17.5. The number of esters is 1. The van der Waals surface area contributed by atoms with Gasteiger partial charge >= 0.3 is 5.97 Å². The number of hydrogen-bond acceptors (Lipinski definition) is 5. The van der Waals surface area contributed by atoms with Crippen molar-refractivity contribution in [1.29, 1.82) is 0 Å². The van der Waals surface area contributed by atoms with Crippen LogP contribution in [-0.2, 0) is 9.53 Å². The number of likely N-dealkylation sites (tertiary alicyclic amines) is 2. The number of aliphatic hydroxyl groups excluding tert-OH is 1. The van der Waals surface area contributed by atoms with Crippen LogP contribution in [0.2, 0.25) is 0 Å². The largest absolute Gasteiger partial charge is 0.460 e. The molecule has 192 valence electrons. The Morgan fingerprint density at radius 1 is 0.853 bits per heavy atom. The van der Waals surface area contributed by atoms with Gasteiger partial charge in [-0.25, -0.2) is 0 Å². The van der Waals surface area contributed by atoms with Gasteiger partial charge in [0.25, 0.3) is 0 Å². The highest BCUT2D eigenvalue weighted by Crippen LogP contribution is 2.67. The standard InChI is InChI=1S/C29H48N2O3/c1-19(32)34-27-24(30-12-4-5-13-30)17-23-21-9-8-20-16-26(33)25(31-14-6-7-15-31)18-29(20,3)22(21)10-11-28(23,27)2/h20-27,33H,4-18H2,1-3H3/t20-,21+,22-,23-,24-,25-,26-,27-,28-,29-/m0/s1. The van der Waals surface area contributed by atoms with Crippen LogP contribution in [0.3, 0.4) is 0 Å². The Morgan fingerprint density at radius 2 is 1.50 bits per heavy atom. The van der Waals surface area contributed by atoms with Gasteiger partial charge in [0.2, 0.25) is 0 Å². The predicted molar refractivity (Wildman–Crippen MR) is 133 cm³/mol. The molecule has 4 aliphatic carbocycles. The fourth-order valence-electron chi connectivity index (χ4n) is 10.5. The maximum atomic E-state index is 12.2. The van der Waals surface area contributed by atoms with E-state index in [9.17, 15) is 9.90 Å². The van der Waals surface area contributed by atoms with Crippen LogP contribution in [0.1, 0.15) is 91.4 Å². The normalized spacial score (nSPS) is 51.6. The van der Waals surface area contributed by atoms with Crippen molar-refractivity contribution in [3.8, 4) is 0 Å². The van der Waals surface area contributed by atoms with Gasteiger partial charge in [-0.3, -0.25) is 14.6 Å². The van der Waals surface area contributed by atoms with Crippen LogP contribution in [0.25, 0.3) is 0 Å². The highest BCUT2D eigenvalue weighted by molar-refractivity contribution is 5.66. The first-order chi connectivity index (χ1) is 16.3. The van der Waals surface area contributed by atoms with E-state index in [1.165, 1.54) is 90.4 Å². The Labute approximate surface area is 207 Å². The first-order valence-electron chi connectivity index (χ1n) is 14.6. The monoisotopic (exact) mass is 472 g/mol. The van der Waals surface area contributed by atoms with E-state index >= 15 is 0 Å². The number of ether oxygens (including phenoxy) is 1. The Bertz CT molecular complexity index is 777. The first kappa shape index (κ1) is 23.7.